The number of hydrogen-bond acceptors (Lipinski definition) is 4. The summed E-state index contributed by atoms with van der Waals surface area (Å²) in [6.45, 7) is 2.12. The van der Waals surface area contributed by atoms with Gasteiger partial charge in [-0.15, -0.1) is 10.2 Å². The molecule has 1 atom stereocenters. The second kappa shape index (κ2) is 5.85. The summed E-state index contributed by atoms with van der Waals surface area (Å²) in [5, 5.41) is 8.71. The van der Waals surface area contributed by atoms with Gasteiger partial charge in [0.05, 0.1) is 6.61 Å². The molecular formula is C15H16ClN3O2. The standard InChI is InChI=1S/C15H16ClN3O2/c1-2-21-15(20)13(10-4-3-5-11(16)8-10)14-18-17-9-19(14)12-6-7-12/h3-5,8-9,12-13H,2,6-7H2,1H3. The van der Waals surface area contributed by atoms with Crippen molar-refractivity contribution in [2.75, 3.05) is 6.61 Å². The van der Waals surface area contributed by atoms with Gasteiger partial charge in [-0.3, -0.25) is 4.79 Å². The van der Waals surface area contributed by atoms with Crippen LogP contribution in [0.15, 0.2) is 30.6 Å². The molecule has 1 aromatic carbocycles. The summed E-state index contributed by atoms with van der Waals surface area (Å²) in [7, 11) is 0. The molecule has 1 saturated carbocycles. The van der Waals surface area contributed by atoms with E-state index in [1.165, 1.54) is 0 Å². The zero-order chi connectivity index (χ0) is 14.8. The Hall–Kier alpha value is -1.88. The first-order valence-electron chi connectivity index (χ1n) is 7.02. The molecule has 1 unspecified atom stereocenters. The number of rotatable bonds is 5. The summed E-state index contributed by atoms with van der Waals surface area (Å²) in [5.41, 5.74) is 0.774. The van der Waals surface area contributed by atoms with Crippen LogP contribution in [-0.4, -0.2) is 27.3 Å². The summed E-state index contributed by atoms with van der Waals surface area (Å²) in [6.07, 6.45) is 3.87. The van der Waals surface area contributed by atoms with Gasteiger partial charge in [0.25, 0.3) is 0 Å². The minimum absolute atomic E-state index is 0.324. The van der Waals surface area contributed by atoms with Gasteiger partial charge in [-0.25, -0.2) is 0 Å². The maximum Gasteiger partial charge on any atom is 0.321 e. The zero-order valence-corrected chi connectivity index (χ0v) is 12.5. The molecule has 1 heterocycles. The van der Waals surface area contributed by atoms with E-state index in [1.54, 1.807) is 25.4 Å². The molecule has 1 fully saturated rings. The number of carbonyl (C=O) groups is 1. The second-order valence-corrected chi connectivity index (χ2v) is 5.50. The third kappa shape index (κ3) is 2.93. The van der Waals surface area contributed by atoms with Crippen molar-refractivity contribution < 1.29 is 9.53 Å². The Kier molecular flexibility index (Phi) is 3.92. The molecule has 110 valence electrons. The topological polar surface area (TPSA) is 57.0 Å². The van der Waals surface area contributed by atoms with Crippen molar-refractivity contribution in [2.45, 2.75) is 31.7 Å². The third-order valence-corrected chi connectivity index (χ3v) is 3.74. The molecule has 0 spiro atoms. The minimum Gasteiger partial charge on any atom is -0.465 e. The Balaban J connectivity index is 2.03. The average Bonchev–Trinajstić information content (AvgIpc) is 3.19. The highest BCUT2D eigenvalue weighted by Crippen LogP contribution is 2.38. The minimum atomic E-state index is -0.591. The average molecular weight is 306 g/mol. The molecule has 3 rings (SSSR count). The lowest BCUT2D eigenvalue weighted by molar-refractivity contribution is -0.144. The first-order chi connectivity index (χ1) is 10.2. The molecular weight excluding hydrogens is 290 g/mol. The number of aromatic nitrogens is 3. The van der Waals surface area contributed by atoms with Crippen LogP contribution in [0.2, 0.25) is 5.02 Å². The van der Waals surface area contributed by atoms with E-state index in [9.17, 15) is 4.79 Å². The van der Waals surface area contributed by atoms with Gasteiger partial charge in [-0.1, -0.05) is 23.7 Å². The fourth-order valence-corrected chi connectivity index (χ4v) is 2.59. The number of halogens is 1. The van der Waals surface area contributed by atoms with E-state index in [2.05, 4.69) is 10.2 Å². The Morgan fingerprint density at radius 3 is 3.00 bits per heavy atom. The quantitative estimate of drug-likeness (QED) is 0.797. The highest BCUT2D eigenvalue weighted by molar-refractivity contribution is 6.30. The van der Waals surface area contributed by atoms with Crippen LogP contribution in [0.3, 0.4) is 0 Å². The lowest BCUT2D eigenvalue weighted by atomic mass is 9.98. The number of hydrogen-bond donors (Lipinski definition) is 0. The van der Waals surface area contributed by atoms with Gasteiger partial charge < -0.3 is 9.30 Å². The molecule has 0 saturated heterocycles. The van der Waals surface area contributed by atoms with Crippen LogP contribution in [0.1, 0.15) is 43.1 Å². The van der Waals surface area contributed by atoms with E-state index < -0.39 is 5.92 Å². The van der Waals surface area contributed by atoms with E-state index >= 15 is 0 Å². The number of nitrogens with zero attached hydrogens (tertiary/aromatic N) is 3. The van der Waals surface area contributed by atoms with Crippen LogP contribution >= 0.6 is 11.6 Å². The van der Waals surface area contributed by atoms with Crippen LogP contribution in [0.25, 0.3) is 0 Å². The molecule has 0 amide bonds. The molecule has 1 aliphatic carbocycles. The molecule has 6 heteroatoms. The predicted molar refractivity (Wildman–Crippen MR) is 78.2 cm³/mol. The Labute approximate surface area is 127 Å². The molecule has 5 nitrogen and oxygen atoms in total. The van der Waals surface area contributed by atoms with Crippen LogP contribution in [-0.2, 0) is 9.53 Å². The van der Waals surface area contributed by atoms with E-state index in [1.807, 2.05) is 16.7 Å². The molecule has 0 radical (unpaired) electrons. The van der Waals surface area contributed by atoms with E-state index in [4.69, 9.17) is 16.3 Å². The summed E-state index contributed by atoms with van der Waals surface area (Å²) in [6, 6.07) is 7.63. The monoisotopic (exact) mass is 305 g/mol. The maximum atomic E-state index is 12.4. The highest BCUT2D eigenvalue weighted by Gasteiger charge is 2.34. The van der Waals surface area contributed by atoms with Gasteiger partial charge in [0.2, 0.25) is 0 Å². The van der Waals surface area contributed by atoms with Gasteiger partial charge in [0.15, 0.2) is 5.82 Å². The van der Waals surface area contributed by atoms with Gasteiger partial charge >= 0.3 is 5.97 Å². The van der Waals surface area contributed by atoms with E-state index in [0.29, 0.717) is 23.5 Å². The fourth-order valence-electron chi connectivity index (χ4n) is 2.39. The van der Waals surface area contributed by atoms with Crippen LogP contribution in [0.4, 0.5) is 0 Å². The summed E-state index contributed by atoms with van der Waals surface area (Å²) in [4.78, 5) is 12.4. The van der Waals surface area contributed by atoms with E-state index in [-0.39, 0.29) is 5.97 Å². The normalized spacial score (nSPS) is 15.7. The number of esters is 1. The highest BCUT2D eigenvalue weighted by atomic mass is 35.5. The van der Waals surface area contributed by atoms with Gasteiger partial charge in [-0.2, -0.15) is 0 Å². The summed E-state index contributed by atoms with van der Waals surface area (Å²) < 4.78 is 7.19. The lowest BCUT2D eigenvalue weighted by Gasteiger charge is -2.16. The van der Waals surface area contributed by atoms with Crippen molar-refractivity contribution in [2.24, 2.45) is 0 Å². The Morgan fingerprint density at radius 1 is 1.52 bits per heavy atom. The SMILES string of the molecule is CCOC(=O)C(c1cccc(Cl)c1)c1nncn1C1CC1. The Bertz CT molecular complexity index is 652. The van der Waals surface area contributed by atoms with Gasteiger partial charge in [0, 0.05) is 11.1 Å². The second-order valence-electron chi connectivity index (χ2n) is 5.07. The van der Waals surface area contributed by atoms with Crippen LogP contribution in [0.5, 0.6) is 0 Å². The van der Waals surface area contributed by atoms with Crippen LogP contribution < -0.4 is 0 Å². The molecule has 0 aliphatic heterocycles. The largest absolute Gasteiger partial charge is 0.465 e. The lowest BCUT2D eigenvalue weighted by Crippen LogP contribution is -2.21. The molecule has 0 N–H and O–H groups in total. The first-order valence-corrected chi connectivity index (χ1v) is 7.40. The maximum absolute atomic E-state index is 12.4. The van der Waals surface area contributed by atoms with Gasteiger partial charge in [-0.05, 0) is 37.5 Å². The van der Waals surface area contributed by atoms with Gasteiger partial charge in [0.1, 0.15) is 12.2 Å². The smallest absolute Gasteiger partial charge is 0.321 e. The summed E-state index contributed by atoms with van der Waals surface area (Å²) in [5.74, 6) is -0.292. The van der Waals surface area contributed by atoms with Crippen molar-refractivity contribution in [3.05, 3.63) is 47.0 Å². The van der Waals surface area contributed by atoms with Crippen molar-refractivity contribution >= 4 is 17.6 Å². The fraction of sp³-hybridized carbons (Fsp3) is 0.400. The molecule has 21 heavy (non-hydrogen) atoms. The van der Waals surface area contributed by atoms with Crippen molar-refractivity contribution in [1.82, 2.24) is 14.8 Å². The number of ether oxygens (including phenoxy) is 1. The summed E-state index contributed by atoms with van der Waals surface area (Å²) >= 11 is 6.05. The molecule has 0 bridgehead atoms. The third-order valence-electron chi connectivity index (χ3n) is 3.50. The van der Waals surface area contributed by atoms with Crippen molar-refractivity contribution in [3.63, 3.8) is 0 Å². The van der Waals surface area contributed by atoms with Crippen LogP contribution in [0, 0.1) is 0 Å². The number of carbonyl (C=O) groups excluding carboxylic acids is 1. The Morgan fingerprint density at radius 2 is 2.33 bits per heavy atom. The molecule has 2 aromatic rings. The van der Waals surface area contributed by atoms with E-state index in [0.717, 1.165) is 18.4 Å². The number of benzene rings is 1. The molecule has 1 aromatic heterocycles. The zero-order valence-electron chi connectivity index (χ0n) is 11.7. The van der Waals surface area contributed by atoms with Crippen molar-refractivity contribution in [3.8, 4) is 0 Å². The van der Waals surface area contributed by atoms with Crippen molar-refractivity contribution in [1.29, 1.82) is 0 Å². The predicted octanol–water partition coefficient (Wildman–Crippen LogP) is 2.96. The first kappa shape index (κ1) is 14.1. The molecule has 1 aliphatic rings.